The maximum absolute atomic E-state index is 9.96. The third kappa shape index (κ3) is 1.86. The van der Waals surface area contributed by atoms with Gasteiger partial charge in [-0.2, -0.15) is 0 Å². The van der Waals surface area contributed by atoms with Gasteiger partial charge in [-0.15, -0.1) is 0 Å². The van der Waals surface area contributed by atoms with Crippen LogP contribution in [0.3, 0.4) is 0 Å². The second-order valence-electron chi connectivity index (χ2n) is 3.13. The molecule has 0 aliphatic carbocycles. The van der Waals surface area contributed by atoms with Crippen LogP contribution in [0.15, 0.2) is 54.8 Å². The first-order valence-corrected chi connectivity index (χ1v) is 4.57. The van der Waals surface area contributed by atoms with Crippen molar-refractivity contribution in [2.75, 3.05) is 0 Å². The SMILES string of the molecule is OC([C]1C=CC=CN1)c1ccccc1. The van der Waals surface area contributed by atoms with Crippen molar-refractivity contribution >= 4 is 0 Å². The molecule has 1 atom stereocenters. The van der Waals surface area contributed by atoms with Crippen LogP contribution in [0.5, 0.6) is 0 Å². The predicted molar refractivity (Wildman–Crippen MR) is 56.1 cm³/mol. The zero-order valence-corrected chi connectivity index (χ0v) is 7.72. The Hall–Kier alpha value is -1.54. The lowest BCUT2D eigenvalue weighted by Gasteiger charge is -2.20. The van der Waals surface area contributed by atoms with Crippen molar-refractivity contribution in [3.63, 3.8) is 0 Å². The van der Waals surface area contributed by atoms with E-state index >= 15 is 0 Å². The molecule has 0 saturated carbocycles. The van der Waals surface area contributed by atoms with Crippen LogP contribution in [0.2, 0.25) is 0 Å². The third-order valence-electron chi connectivity index (χ3n) is 2.14. The van der Waals surface area contributed by atoms with Crippen LogP contribution in [-0.2, 0) is 0 Å². The van der Waals surface area contributed by atoms with Crippen molar-refractivity contribution in [3.8, 4) is 0 Å². The highest BCUT2D eigenvalue weighted by Gasteiger charge is 2.18. The molecule has 1 aliphatic rings. The maximum Gasteiger partial charge on any atom is 0.116 e. The van der Waals surface area contributed by atoms with Gasteiger partial charge in [0.05, 0.1) is 0 Å². The number of allylic oxidation sites excluding steroid dienone is 2. The molecule has 1 unspecified atom stereocenters. The predicted octanol–water partition coefficient (Wildman–Crippen LogP) is 1.93. The molecule has 1 heterocycles. The summed E-state index contributed by atoms with van der Waals surface area (Å²) >= 11 is 0. The van der Waals surface area contributed by atoms with Crippen molar-refractivity contribution in [1.29, 1.82) is 0 Å². The summed E-state index contributed by atoms with van der Waals surface area (Å²) in [6.45, 7) is 0. The monoisotopic (exact) mass is 186 g/mol. The van der Waals surface area contributed by atoms with Crippen molar-refractivity contribution in [2.24, 2.45) is 0 Å². The quantitative estimate of drug-likeness (QED) is 0.739. The molecule has 0 aromatic heterocycles. The Morgan fingerprint density at radius 1 is 1.07 bits per heavy atom. The van der Waals surface area contributed by atoms with E-state index in [9.17, 15) is 5.11 Å². The van der Waals surface area contributed by atoms with Gasteiger partial charge in [0.15, 0.2) is 0 Å². The summed E-state index contributed by atoms with van der Waals surface area (Å²) in [4.78, 5) is 0. The van der Waals surface area contributed by atoms with Crippen LogP contribution in [-0.4, -0.2) is 5.11 Å². The van der Waals surface area contributed by atoms with E-state index in [1.807, 2.05) is 54.8 Å². The minimum atomic E-state index is -0.572. The molecule has 2 heteroatoms. The third-order valence-corrected chi connectivity index (χ3v) is 2.14. The van der Waals surface area contributed by atoms with Gasteiger partial charge in [0.2, 0.25) is 0 Å². The molecule has 2 nitrogen and oxygen atoms in total. The maximum atomic E-state index is 9.96. The number of benzene rings is 1. The molecule has 0 saturated heterocycles. The smallest absolute Gasteiger partial charge is 0.116 e. The van der Waals surface area contributed by atoms with E-state index in [2.05, 4.69) is 5.32 Å². The Kier molecular flexibility index (Phi) is 2.65. The molecule has 0 spiro atoms. The van der Waals surface area contributed by atoms with Crippen LogP contribution in [0.25, 0.3) is 0 Å². The molecular weight excluding hydrogens is 174 g/mol. The zero-order chi connectivity index (χ0) is 9.80. The topological polar surface area (TPSA) is 32.3 Å². The van der Waals surface area contributed by atoms with Crippen LogP contribution >= 0.6 is 0 Å². The number of aliphatic hydroxyl groups is 1. The summed E-state index contributed by atoms with van der Waals surface area (Å²) in [5, 5.41) is 13.0. The lowest BCUT2D eigenvalue weighted by molar-refractivity contribution is 0.189. The molecule has 1 aromatic carbocycles. The number of rotatable bonds is 2. The Morgan fingerprint density at radius 3 is 2.50 bits per heavy atom. The highest BCUT2D eigenvalue weighted by atomic mass is 16.3. The van der Waals surface area contributed by atoms with E-state index in [1.54, 1.807) is 0 Å². The van der Waals surface area contributed by atoms with Gasteiger partial charge in [0.1, 0.15) is 12.1 Å². The standard InChI is InChI=1S/C12H12NO/c14-12(10-6-2-1-3-7-10)11-8-4-5-9-13-11/h1-9,12-14H. The first-order valence-electron chi connectivity index (χ1n) is 4.57. The molecule has 14 heavy (non-hydrogen) atoms. The largest absolute Gasteiger partial charge is 0.385 e. The lowest BCUT2D eigenvalue weighted by Crippen LogP contribution is -2.22. The lowest BCUT2D eigenvalue weighted by atomic mass is 10.0. The van der Waals surface area contributed by atoms with E-state index in [4.69, 9.17) is 0 Å². The molecule has 0 bridgehead atoms. The van der Waals surface area contributed by atoms with Crippen LogP contribution in [0.1, 0.15) is 11.7 Å². The van der Waals surface area contributed by atoms with Gasteiger partial charge in [0.25, 0.3) is 0 Å². The molecule has 1 aliphatic heterocycles. The summed E-state index contributed by atoms with van der Waals surface area (Å²) in [5.74, 6) is 0. The van der Waals surface area contributed by atoms with Gasteiger partial charge >= 0.3 is 0 Å². The Labute approximate surface area is 83.6 Å². The summed E-state index contributed by atoms with van der Waals surface area (Å²) in [6, 6.07) is 10.4. The van der Waals surface area contributed by atoms with Gasteiger partial charge in [-0.3, -0.25) is 0 Å². The Balaban J connectivity index is 2.12. The molecule has 2 N–H and O–H groups in total. The van der Waals surface area contributed by atoms with E-state index < -0.39 is 6.10 Å². The van der Waals surface area contributed by atoms with E-state index in [1.165, 1.54) is 0 Å². The second-order valence-corrected chi connectivity index (χ2v) is 3.13. The first-order chi connectivity index (χ1) is 6.88. The second kappa shape index (κ2) is 4.11. The number of nitrogens with one attached hydrogen (secondary N) is 1. The molecule has 1 radical (unpaired) electrons. The molecule has 0 amide bonds. The van der Waals surface area contributed by atoms with Gasteiger partial charge in [-0.1, -0.05) is 42.5 Å². The molecule has 1 aromatic rings. The number of hydrogen-bond donors (Lipinski definition) is 2. The van der Waals surface area contributed by atoms with Crippen molar-refractivity contribution in [1.82, 2.24) is 5.32 Å². The van der Waals surface area contributed by atoms with Crippen molar-refractivity contribution < 1.29 is 5.11 Å². The van der Waals surface area contributed by atoms with E-state index in [0.717, 1.165) is 11.6 Å². The normalized spacial score (nSPS) is 17.8. The fraction of sp³-hybridized carbons (Fsp3) is 0.0833. The Bertz CT molecular complexity index is 343. The molecule has 0 fully saturated rings. The average Bonchev–Trinajstić information content (AvgIpc) is 2.30. The number of hydrogen-bond acceptors (Lipinski definition) is 2. The van der Waals surface area contributed by atoms with Crippen LogP contribution in [0, 0.1) is 6.04 Å². The van der Waals surface area contributed by atoms with E-state index in [-0.39, 0.29) is 0 Å². The highest BCUT2D eigenvalue weighted by Crippen LogP contribution is 2.23. The number of aliphatic hydroxyl groups excluding tert-OH is 1. The van der Waals surface area contributed by atoms with Crippen LogP contribution in [0.4, 0.5) is 0 Å². The summed E-state index contributed by atoms with van der Waals surface area (Å²) in [7, 11) is 0. The first kappa shape index (κ1) is 9.03. The average molecular weight is 186 g/mol. The fourth-order valence-electron chi connectivity index (χ4n) is 1.39. The minimum absolute atomic E-state index is 0.572. The van der Waals surface area contributed by atoms with E-state index in [0.29, 0.717) is 0 Å². The summed E-state index contributed by atoms with van der Waals surface area (Å²) < 4.78 is 0. The van der Waals surface area contributed by atoms with Gasteiger partial charge < -0.3 is 10.4 Å². The molecule has 71 valence electrons. The molecule has 2 rings (SSSR count). The molecular formula is C12H12NO. The highest BCUT2D eigenvalue weighted by molar-refractivity contribution is 5.30. The summed E-state index contributed by atoms with van der Waals surface area (Å²) in [6.07, 6.45) is 6.90. The van der Waals surface area contributed by atoms with Crippen LogP contribution < -0.4 is 5.32 Å². The zero-order valence-electron chi connectivity index (χ0n) is 7.72. The van der Waals surface area contributed by atoms with Gasteiger partial charge in [-0.25, -0.2) is 0 Å². The fourth-order valence-corrected chi connectivity index (χ4v) is 1.39. The summed E-state index contributed by atoms with van der Waals surface area (Å²) in [5.41, 5.74) is 0.898. The Morgan fingerprint density at radius 2 is 1.86 bits per heavy atom. The van der Waals surface area contributed by atoms with Crippen molar-refractivity contribution in [2.45, 2.75) is 6.10 Å². The van der Waals surface area contributed by atoms with Crippen molar-refractivity contribution in [3.05, 3.63) is 66.4 Å². The number of dihydropyridines is 1. The van der Waals surface area contributed by atoms with Gasteiger partial charge in [-0.05, 0) is 17.8 Å². The minimum Gasteiger partial charge on any atom is -0.385 e. The van der Waals surface area contributed by atoms with Gasteiger partial charge in [0, 0.05) is 0 Å².